The van der Waals surface area contributed by atoms with Crippen molar-refractivity contribution in [3.05, 3.63) is 27.7 Å². The summed E-state index contributed by atoms with van der Waals surface area (Å²) >= 11 is 6.56. The van der Waals surface area contributed by atoms with E-state index in [0.29, 0.717) is 23.4 Å². The molecule has 0 bridgehead atoms. The third kappa shape index (κ3) is 2.98. The lowest BCUT2D eigenvalue weighted by Crippen LogP contribution is -2.08. The quantitative estimate of drug-likeness (QED) is 0.613. The van der Waals surface area contributed by atoms with Crippen LogP contribution in [0.1, 0.15) is 22.8 Å². The van der Waals surface area contributed by atoms with Gasteiger partial charge in [0.1, 0.15) is 11.3 Å². The van der Waals surface area contributed by atoms with Crippen LogP contribution in [-0.4, -0.2) is 18.1 Å². The van der Waals surface area contributed by atoms with Crippen LogP contribution in [0.15, 0.2) is 16.6 Å². The molecule has 1 rings (SSSR count). The topological polar surface area (TPSA) is 35.5 Å². The summed E-state index contributed by atoms with van der Waals surface area (Å²) in [6.45, 7) is 3.97. The monoisotopic (exact) mass is 350 g/mol. The van der Waals surface area contributed by atoms with Gasteiger partial charge in [0.15, 0.2) is 0 Å². The summed E-state index contributed by atoms with van der Waals surface area (Å²) in [6, 6.07) is 3.50. The first-order valence-corrected chi connectivity index (χ1v) is 6.68. The van der Waals surface area contributed by atoms with Gasteiger partial charge >= 0.3 is 5.97 Å². The highest BCUT2D eigenvalue weighted by Crippen LogP contribution is 2.31. The third-order valence-corrected chi connectivity index (χ3v) is 2.91. The SMILES string of the molecule is CCOC(=O)c1ccc(Br)c(OCBr)c1C. The summed E-state index contributed by atoms with van der Waals surface area (Å²) in [4.78, 5) is 11.6. The molecule has 88 valence electrons. The smallest absolute Gasteiger partial charge is 0.338 e. The molecular weight excluding hydrogens is 340 g/mol. The molecule has 0 aromatic heterocycles. The number of carbonyl (C=O) groups is 1. The fourth-order valence-corrected chi connectivity index (χ4v) is 2.09. The lowest BCUT2D eigenvalue weighted by atomic mass is 10.1. The summed E-state index contributed by atoms with van der Waals surface area (Å²) in [6.07, 6.45) is 0. The maximum absolute atomic E-state index is 11.6. The Hall–Kier alpha value is -0.550. The van der Waals surface area contributed by atoms with Gasteiger partial charge in [-0.15, -0.1) is 0 Å². The molecule has 0 saturated carbocycles. The number of alkyl halides is 1. The molecule has 0 saturated heterocycles. The first-order chi connectivity index (χ1) is 7.61. The molecule has 0 fully saturated rings. The highest BCUT2D eigenvalue weighted by Gasteiger charge is 2.15. The standard InChI is InChI=1S/C11H12Br2O3/c1-3-15-11(14)8-4-5-9(13)10(7(8)2)16-6-12/h4-5H,3,6H2,1-2H3. The summed E-state index contributed by atoms with van der Waals surface area (Å²) in [5.74, 6) is 0.328. The molecule has 0 unspecified atom stereocenters. The molecule has 0 aliphatic heterocycles. The summed E-state index contributed by atoms with van der Waals surface area (Å²) in [5.41, 5.74) is 1.67. The molecule has 5 heteroatoms. The second-order valence-corrected chi connectivity index (χ2v) is 4.34. The normalized spacial score (nSPS) is 10.0. The van der Waals surface area contributed by atoms with Crippen LogP contribution in [-0.2, 0) is 4.74 Å². The molecule has 0 aliphatic carbocycles. The van der Waals surface area contributed by atoms with Crippen molar-refractivity contribution in [1.29, 1.82) is 0 Å². The van der Waals surface area contributed by atoms with Gasteiger partial charge in [-0.05, 0) is 57.8 Å². The van der Waals surface area contributed by atoms with Crippen molar-refractivity contribution in [1.82, 2.24) is 0 Å². The molecule has 0 heterocycles. The van der Waals surface area contributed by atoms with Gasteiger partial charge in [-0.1, -0.05) is 0 Å². The zero-order valence-electron chi connectivity index (χ0n) is 9.05. The van der Waals surface area contributed by atoms with E-state index in [2.05, 4.69) is 31.9 Å². The maximum Gasteiger partial charge on any atom is 0.338 e. The Morgan fingerprint density at radius 1 is 1.44 bits per heavy atom. The van der Waals surface area contributed by atoms with Crippen molar-refractivity contribution in [3.8, 4) is 5.75 Å². The van der Waals surface area contributed by atoms with Gasteiger partial charge in [0.25, 0.3) is 0 Å². The van der Waals surface area contributed by atoms with Gasteiger partial charge in [-0.25, -0.2) is 4.79 Å². The average Bonchev–Trinajstić information content (AvgIpc) is 2.24. The van der Waals surface area contributed by atoms with Crippen LogP contribution in [0.5, 0.6) is 5.75 Å². The lowest BCUT2D eigenvalue weighted by Gasteiger charge is -2.12. The Morgan fingerprint density at radius 2 is 2.12 bits per heavy atom. The van der Waals surface area contributed by atoms with Gasteiger partial charge < -0.3 is 9.47 Å². The number of hydrogen-bond donors (Lipinski definition) is 0. The van der Waals surface area contributed by atoms with Crippen molar-refractivity contribution in [2.24, 2.45) is 0 Å². The maximum atomic E-state index is 11.6. The Bertz CT molecular complexity index is 391. The minimum Gasteiger partial charge on any atom is -0.481 e. The Labute approximate surface area is 111 Å². The zero-order chi connectivity index (χ0) is 12.1. The third-order valence-electron chi connectivity index (χ3n) is 2.05. The van der Waals surface area contributed by atoms with Gasteiger partial charge in [0, 0.05) is 5.56 Å². The predicted molar refractivity (Wildman–Crippen MR) is 69.3 cm³/mol. The number of esters is 1. The molecule has 1 aromatic carbocycles. The van der Waals surface area contributed by atoms with E-state index in [1.165, 1.54) is 0 Å². The molecule has 0 amide bonds. The van der Waals surface area contributed by atoms with Crippen molar-refractivity contribution in [3.63, 3.8) is 0 Å². The van der Waals surface area contributed by atoms with E-state index in [1.807, 2.05) is 6.92 Å². The summed E-state index contributed by atoms with van der Waals surface area (Å²) < 4.78 is 11.2. The highest BCUT2D eigenvalue weighted by molar-refractivity contribution is 9.10. The minimum absolute atomic E-state index is 0.327. The van der Waals surface area contributed by atoms with Gasteiger partial charge in [0.2, 0.25) is 0 Å². The zero-order valence-corrected chi connectivity index (χ0v) is 12.2. The van der Waals surface area contributed by atoms with Gasteiger partial charge in [-0.2, -0.15) is 0 Å². The number of rotatable bonds is 4. The van der Waals surface area contributed by atoms with E-state index in [0.717, 1.165) is 10.0 Å². The van der Waals surface area contributed by atoms with E-state index in [4.69, 9.17) is 9.47 Å². The largest absolute Gasteiger partial charge is 0.481 e. The first kappa shape index (κ1) is 13.5. The molecule has 0 spiro atoms. The van der Waals surface area contributed by atoms with Crippen LogP contribution in [0.3, 0.4) is 0 Å². The Kier molecular flexibility index (Phi) is 5.28. The van der Waals surface area contributed by atoms with Crippen LogP contribution in [0, 0.1) is 6.92 Å². The van der Waals surface area contributed by atoms with E-state index < -0.39 is 0 Å². The second-order valence-electron chi connectivity index (χ2n) is 3.02. The Morgan fingerprint density at radius 3 is 2.69 bits per heavy atom. The molecule has 16 heavy (non-hydrogen) atoms. The molecule has 1 aromatic rings. The van der Waals surface area contributed by atoms with Gasteiger partial charge in [0.05, 0.1) is 16.6 Å². The average molecular weight is 352 g/mol. The summed E-state index contributed by atoms with van der Waals surface area (Å²) in [5, 5.41) is 0. The van der Waals surface area contributed by atoms with E-state index in [1.54, 1.807) is 19.1 Å². The van der Waals surface area contributed by atoms with Crippen molar-refractivity contribution in [2.75, 3.05) is 12.1 Å². The highest BCUT2D eigenvalue weighted by atomic mass is 79.9. The predicted octanol–water partition coefficient (Wildman–Crippen LogP) is 3.67. The fraction of sp³-hybridized carbons (Fsp3) is 0.364. The van der Waals surface area contributed by atoms with E-state index in [-0.39, 0.29) is 5.97 Å². The van der Waals surface area contributed by atoms with Crippen LogP contribution in [0.25, 0.3) is 0 Å². The molecule has 0 aliphatic rings. The van der Waals surface area contributed by atoms with Crippen molar-refractivity contribution < 1.29 is 14.3 Å². The second kappa shape index (κ2) is 6.25. The molecule has 0 atom stereocenters. The molecule has 3 nitrogen and oxygen atoms in total. The Balaban J connectivity index is 3.12. The lowest BCUT2D eigenvalue weighted by molar-refractivity contribution is 0.0525. The number of hydrogen-bond acceptors (Lipinski definition) is 3. The van der Waals surface area contributed by atoms with Crippen LogP contribution in [0.4, 0.5) is 0 Å². The van der Waals surface area contributed by atoms with Crippen molar-refractivity contribution >= 4 is 37.8 Å². The molecule has 0 N–H and O–H groups in total. The van der Waals surface area contributed by atoms with Crippen molar-refractivity contribution in [2.45, 2.75) is 13.8 Å². The van der Waals surface area contributed by atoms with Crippen LogP contribution >= 0.6 is 31.9 Å². The molecular formula is C11H12Br2O3. The van der Waals surface area contributed by atoms with Crippen LogP contribution < -0.4 is 4.74 Å². The fourth-order valence-electron chi connectivity index (χ4n) is 1.32. The minimum atomic E-state index is -0.327. The van der Waals surface area contributed by atoms with E-state index >= 15 is 0 Å². The first-order valence-electron chi connectivity index (χ1n) is 4.76. The number of carbonyl (C=O) groups excluding carboxylic acids is 1. The number of benzene rings is 1. The van der Waals surface area contributed by atoms with E-state index in [9.17, 15) is 4.79 Å². The number of ether oxygens (including phenoxy) is 2. The van der Waals surface area contributed by atoms with Gasteiger partial charge in [-0.3, -0.25) is 0 Å². The molecule has 0 radical (unpaired) electrons. The number of halogens is 2. The summed E-state index contributed by atoms with van der Waals surface area (Å²) in [7, 11) is 0. The van der Waals surface area contributed by atoms with Crippen LogP contribution in [0.2, 0.25) is 0 Å².